The molecule has 2 N–H and O–H groups in total. The average Bonchev–Trinajstić information content (AvgIpc) is 2.75. The highest BCUT2D eigenvalue weighted by molar-refractivity contribution is 5.78. The summed E-state index contributed by atoms with van der Waals surface area (Å²) in [6.45, 7) is 11.8. The predicted octanol–water partition coefficient (Wildman–Crippen LogP) is 1.86. The zero-order valence-corrected chi connectivity index (χ0v) is 18.1. The Kier molecular flexibility index (Phi) is 7.92. The monoisotopic (exact) mass is 404 g/mol. The summed E-state index contributed by atoms with van der Waals surface area (Å²) in [6, 6.07) is 2.19. The van der Waals surface area contributed by atoms with Crippen molar-refractivity contribution in [1.82, 2.24) is 10.2 Å². The van der Waals surface area contributed by atoms with E-state index < -0.39 is 0 Å². The molecule has 3 rings (SSSR count). The zero-order chi connectivity index (χ0) is 20.8. The Labute approximate surface area is 174 Å². The first-order valence-corrected chi connectivity index (χ1v) is 10.9. The van der Waals surface area contributed by atoms with Crippen LogP contribution in [0.3, 0.4) is 0 Å². The molecule has 0 aromatic heterocycles. The quantitative estimate of drug-likeness (QED) is 0.692. The molecule has 1 fully saturated rings. The Balaban J connectivity index is 1.65. The van der Waals surface area contributed by atoms with Crippen molar-refractivity contribution >= 4 is 5.91 Å². The van der Waals surface area contributed by atoms with Crippen LogP contribution in [0.2, 0.25) is 0 Å². The summed E-state index contributed by atoms with van der Waals surface area (Å²) in [5, 5.41) is 11.8. The number of amides is 1. The molecular weight excluding hydrogens is 368 g/mol. The average molecular weight is 405 g/mol. The SMILES string of the molecule is Cc1cc(OCCN2CCOCC2)c(C)c2c1CCC(C(C)C(=O)NCCO)C2. The zero-order valence-electron chi connectivity index (χ0n) is 18.1. The maximum atomic E-state index is 12.4. The van der Waals surface area contributed by atoms with Gasteiger partial charge in [-0.3, -0.25) is 9.69 Å². The Morgan fingerprint density at radius 2 is 2.10 bits per heavy atom. The lowest BCUT2D eigenvalue weighted by atomic mass is 9.74. The number of aliphatic hydroxyl groups is 1. The number of carbonyl (C=O) groups is 1. The van der Waals surface area contributed by atoms with Gasteiger partial charge in [0.25, 0.3) is 0 Å². The van der Waals surface area contributed by atoms with E-state index >= 15 is 0 Å². The molecule has 1 aliphatic carbocycles. The Morgan fingerprint density at radius 1 is 1.34 bits per heavy atom. The Morgan fingerprint density at radius 3 is 2.83 bits per heavy atom. The first-order valence-electron chi connectivity index (χ1n) is 10.9. The summed E-state index contributed by atoms with van der Waals surface area (Å²) in [7, 11) is 0. The lowest BCUT2D eigenvalue weighted by Crippen LogP contribution is -2.38. The number of nitrogens with zero attached hydrogens (tertiary/aromatic N) is 1. The molecule has 1 aliphatic heterocycles. The van der Waals surface area contributed by atoms with E-state index in [-0.39, 0.29) is 18.4 Å². The number of morpholine rings is 1. The molecule has 1 heterocycles. The number of nitrogens with one attached hydrogen (secondary N) is 1. The van der Waals surface area contributed by atoms with Gasteiger partial charge < -0.3 is 19.9 Å². The molecule has 29 heavy (non-hydrogen) atoms. The molecule has 1 aromatic rings. The maximum absolute atomic E-state index is 12.4. The number of benzene rings is 1. The van der Waals surface area contributed by atoms with Gasteiger partial charge in [0.15, 0.2) is 0 Å². The van der Waals surface area contributed by atoms with Crippen LogP contribution in [0.4, 0.5) is 0 Å². The number of ether oxygens (including phenoxy) is 2. The van der Waals surface area contributed by atoms with Gasteiger partial charge in [-0.05, 0) is 67.3 Å². The van der Waals surface area contributed by atoms with Crippen molar-refractivity contribution < 1.29 is 19.4 Å². The molecule has 0 spiro atoms. The van der Waals surface area contributed by atoms with E-state index in [2.05, 4.69) is 30.1 Å². The molecule has 2 aliphatic rings. The third-order valence-electron chi connectivity index (χ3n) is 6.54. The molecular formula is C23H36N2O4. The van der Waals surface area contributed by atoms with E-state index in [4.69, 9.17) is 14.6 Å². The van der Waals surface area contributed by atoms with E-state index in [0.717, 1.165) is 57.9 Å². The van der Waals surface area contributed by atoms with Gasteiger partial charge in [0.1, 0.15) is 12.4 Å². The van der Waals surface area contributed by atoms with E-state index in [1.165, 1.54) is 22.3 Å². The first-order chi connectivity index (χ1) is 14.0. The van der Waals surface area contributed by atoms with E-state index in [1.807, 2.05) is 6.92 Å². The number of hydrogen-bond donors (Lipinski definition) is 2. The number of aliphatic hydroxyl groups excluding tert-OH is 1. The summed E-state index contributed by atoms with van der Waals surface area (Å²) in [4.78, 5) is 14.7. The summed E-state index contributed by atoms with van der Waals surface area (Å²) < 4.78 is 11.6. The van der Waals surface area contributed by atoms with E-state index in [9.17, 15) is 4.79 Å². The summed E-state index contributed by atoms with van der Waals surface area (Å²) in [5.41, 5.74) is 5.31. The minimum atomic E-state index is -0.0553. The van der Waals surface area contributed by atoms with Crippen molar-refractivity contribution in [3.8, 4) is 5.75 Å². The third kappa shape index (κ3) is 5.50. The van der Waals surface area contributed by atoms with Crippen LogP contribution >= 0.6 is 0 Å². The largest absolute Gasteiger partial charge is 0.492 e. The number of fused-ring (bicyclic) bond motifs is 1. The Bertz CT molecular complexity index is 701. The fourth-order valence-corrected chi connectivity index (χ4v) is 4.56. The summed E-state index contributed by atoms with van der Waals surface area (Å²) >= 11 is 0. The van der Waals surface area contributed by atoms with Crippen molar-refractivity contribution in [2.75, 3.05) is 52.6 Å². The smallest absolute Gasteiger partial charge is 0.223 e. The van der Waals surface area contributed by atoms with Gasteiger partial charge in [0, 0.05) is 32.1 Å². The Hall–Kier alpha value is -1.63. The molecule has 6 nitrogen and oxygen atoms in total. The van der Waals surface area contributed by atoms with Gasteiger partial charge in [-0.2, -0.15) is 0 Å². The molecule has 6 heteroatoms. The van der Waals surface area contributed by atoms with Crippen LogP contribution in [0, 0.1) is 25.7 Å². The van der Waals surface area contributed by atoms with Crippen LogP contribution in [0.15, 0.2) is 6.07 Å². The molecule has 1 saturated heterocycles. The second kappa shape index (κ2) is 10.4. The highest BCUT2D eigenvalue weighted by Gasteiger charge is 2.30. The highest BCUT2D eigenvalue weighted by Crippen LogP contribution is 2.37. The minimum Gasteiger partial charge on any atom is -0.492 e. The lowest BCUT2D eigenvalue weighted by Gasteiger charge is -2.32. The van der Waals surface area contributed by atoms with Crippen LogP contribution in [-0.2, 0) is 22.4 Å². The van der Waals surface area contributed by atoms with E-state index in [1.54, 1.807) is 0 Å². The van der Waals surface area contributed by atoms with Gasteiger partial charge in [-0.1, -0.05) is 6.92 Å². The lowest BCUT2D eigenvalue weighted by molar-refractivity contribution is -0.126. The molecule has 0 radical (unpaired) electrons. The topological polar surface area (TPSA) is 71.0 Å². The van der Waals surface area contributed by atoms with Crippen molar-refractivity contribution in [1.29, 1.82) is 0 Å². The molecule has 162 valence electrons. The molecule has 1 amide bonds. The van der Waals surface area contributed by atoms with Crippen molar-refractivity contribution in [2.24, 2.45) is 11.8 Å². The molecule has 2 atom stereocenters. The fourth-order valence-electron chi connectivity index (χ4n) is 4.56. The van der Waals surface area contributed by atoms with Crippen LogP contribution in [0.5, 0.6) is 5.75 Å². The summed E-state index contributed by atoms with van der Waals surface area (Å²) in [6.07, 6.45) is 2.95. The number of hydrogen-bond acceptors (Lipinski definition) is 5. The molecule has 1 aromatic carbocycles. The van der Waals surface area contributed by atoms with Gasteiger partial charge in [0.05, 0.1) is 19.8 Å². The van der Waals surface area contributed by atoms with Gasteiger partial charge in [-0.25, -0.2) is 0 Å². The standard InChI is InChI=1S/C23H36N2O4/c1-16-14-22(29-13-9-25-7-11-28-12-8-25)18(3)21-15-19(4-5-20(16)21)17(2)23(27)24-6-10-26/h14,17,19,26H,4-13,15H2,1-3H3,(H,24,27). The second-order valence-electron chi connectivity index (χ2n) is 8.38. The van der Waals surface area contributed by atoms with Crippen LogP contribution < -0.4 is 10.1 Å². The van der Waals surface area contributed by atoms with Gasteiger partial charge >= 0.3 is 0 Å². The van der Waals surface area contributed by atoms with Crippen LogP contribution in [0.1, 0.15) is 35.6 Å². The highest BCUT2D eigenvalue weighted by atomic mass is 16.5. The van der Waals surface area contributed by atoms with Crippen molar-refractivity contribution in [2.45, 2.75) is 40.0 Å². The molecule has 0 saturated carbocycles. The second-order valence-corrected chi connectivity index (χ2v) is 8.38. The minimum absolute atomic E-state index is 0.0184. The van der Waals surface area contributed by atoms with Crippen molar-refractivity contribution in [3.05, 3.63) is 28.3 Å². The maximum Gasteiger partial charge on any atom is 0.223 e. The first kappa shape index (κ1) is 22.1. The van der Waals surface area contributed by atoms with Gasteiger partial charge in [0.2, 0.25) is 5.91 Å². The van der Waals surface area contributed by atoms with Crippen molar-refractivity contribution in [3.63, 3.8) is 0 Å². The molecule has 2 unspecified atom stereocenters. The predicted molar refractivity (Wildman–Crippen MR) is 113 cm³/mol. The number of aryl methyl sites for hydroxylation is 1. The number of carbonyl (C=O) groups excluding carboxylic acids is 1. The van der Waals surface area contributed by atoms with Crippen LogP contribution in [-0.4, -0.2) is 68.5 Å². The normalized spacial score (nSPS) is 20.8. The summed E-state index contributed by atoms with van der Waals surface area (Å²) in [5.74, 6) is 1.29. The van der Waals surface area contributed by atoms with Gasteiger partial charge in [-0.15, -0.1) is 0 Å². The fraction of sp³-hybridized carbons (Fsp3) is 0.696. The van der Waals surface area contributed by atoms with Crippen LogP contribution in [0.25, 0.3) is 0 Å². The number of rotatable bonds is 8. The van der Waals surface area contributed by atoms with E-state index in [0.29, 0.717) is 19.1 Å². The molecule has 0 bridgehead atoms. The third-order valence-corrected chi connectivity index (χ3v) is 6.54.